The van der Waals surface area contributed by atoms with Gasteiger partial charge in [0, 0.05) is 12.0 Å². The van der Waals surface area contributed by atoms with E-state index in [1.54, 1.807) is 0 Å². The van der Waals surface area contributed by atoms with Crippen molar-refractivity contribution in [2.45, 2.75) is 31.8 Å². The third-order valence-corrected chi connectivity index (χ3v) is 4.31. The Hall–Kier alpha value is -0.830. The van der Waals surface area contributed by atoms with Crippen LogP contribution in [0.5, 0.6) is 0 Å². The number of carboxylic acids is 1. The molecule has 4 atom stereocenters. The molecule has 3 heteroatoms. The molecule has 2 aliphatic carbocycles. The lowest BCUT2D eigenvalue weighted by atomic mass is 9.72. The molecule has 2 bridgehead atoms. The van der Waals surface area contributed by atoms with Gasteiger partial charge in [0.15, 0.2) is 0 Å². The van der Waals surface area contributed by atoms with Crippen molar-refractivity contribution in [3.63, 3.8) is 0 Å². The molecule has 82 valence electrons. The standard InChI is InChI=1S/C12H16O3/c13-11(14)9-6-8-3-4-12(9,7-8)10-2-1-5-15-10/h3-4,8-10H,1-2,5-7H2,(H,13,14). The number of fused-ring (bicyclic) bond motifs is 2. The van der Waals surface area contributed by atoms with Crippen molar-refractivity contribution >= 4 is 5.97 Å². The minimum atomic E-state index is -0.641. The van der Waals surface area contributed by atoms with Gasteiger partial charge >= 0.3 is 5.97 Å². The molecule has 3 aliphatic rings. The maximum Gasteiger partial charge on any atom is 0.307 e. The number of ether oxygens (including phenoxy) is 1. The first-order valence-electron chi connectivity index (χ1n) is 5.76. The molecule has 0 spiro atoms. The molecule has 0 amide bonds. The summed E-state index contributed by atoms with van der Waals surface area (Å²) in [6.07, 6.45) is 8.40. The maximum atomic E-state index is 11.3. The summed E-state index contributed by atoms with van der Waals surface area (Å²) in [5.74, 6) is -0.372. The monoisotopic (exact) mass is 208 g/mol. The van der Waals surface area contributed by atoms with Crippen molar-refractivity contribution in [1.82, 2.24) is 0 Å². The van der Waals surface area contributed by atoms with Gasteiger partial charge in [-0.1, -0.05) is 12.2 Å². The van der Waals surface area contributed by atoms with Gasteiger partial charge in [-0.3, -0.25) is 4.79 Å². The third-order valence-electron chi connectivity index (χ3n) is 4.31. The first-order valence-corrected chi connectivity index (χ1v) is 5.76. The molecule has 1 saturated heterocycles. The molecule has 1 saturated carbocycles. The van der Waals surface area contributed by atoms with Crippen LogP contribution in [0.15, 0.2) is 12.2 Å². The molecule has 15 heavy (non-hydrogen) atoms. The van der Waals surface area contributed by atoms with Crippen LogP contribution in [-0.2, 0) is 9.53 Å². The average Bonchev–Trinajstić information content (AvgIpc) is 2.92. The van der Waals surface area contributed by atoms with Crippen LogP contribution in [0, 0.1) is 17.3 Å². The van der Waals surface area contributed by atoms with Crippen LogP contribution < -0.4 is 0 Å². The van der Waals surface area contributed by atoms with Crippen molar-refractivity contribution in [1.29, 1.82) is 0 Å². The van der Waals surface area contributed by atoms with E-state index in [2.05, 4.69) is 12.2 Å². The summed E-state index contributed by atoms with van der Waals surface area (Å²) >= 11 is 0. The first-order chi connectivity index (χ1) is 7.22. The SMILES string of the molecule is O=C(O)C1CC2C=CC1(C1CCCO1)C2. The van der Waals surface area contributed by atoms with E-state index in [9.17, 15) is 9.90 Å². The number of hydrogen-bond acceptors (Lipinski definition) is 2. The van der Waals surface area contributed by atoms with E-state index in [1.165, 1.54) is 0 Å². The van der Waals surface area contributed by atoms with E-state index in [1.807, 2.05) is 0 Å². The van der Waals surface area contributed by atoms with E-state index >= 15 is 0 Å². The Balaban J connectivity index is 1.93. The zero-order valence-electron chi connectivity index (χ0n) is 8.69. The van der Waals surface area contributed by atoms with Gasteiger partial charge in [-0.15, -0.1) is 0 Å². The van der Waals surface area contributed by atoms with E-state index in [0.717, 1.165) is 32.3 Å². The van der Waals surface area contributed by atoms with Gasteiger partial charge in [0.05, 0.1) is 12.0 Å². The minimum Gasteiger partial charge on any atom is -0.481 e. The molecule has 1 N–H and O–H groups in total. The number of aliphatic carboxylic acids is 1. The normalized spacial score (nSPS) is 47.6. The smallest absolute Gasteiger partial charge is 0.307 e. The van der Waals surface area contributed by atoms with Crippen LogP contribution in [0.4, 0.5) is 0 Å². The van der Waals surface area contributed by atoms with Crippen molar-refractivity contribution < 1.29 is 14.6 Å². The van der Waals surface area contributed by atoms with Gasteiger partial charge in [-0.2, -0.15) is 0 Å². The summed E-state index contributed by atoms with van der Waals surface area (Å²) in [5.41, 5.74) is -0.174. The number of allylic oxidation sites excluding steroid dienone is 1. The second-order valence-electron chi connectivity index (χ2n) is 5.06. The quantitative estimate of drug-likeness (QED) is 0.704. The van der Waals surface area contributed by atoms with E-state index in [4.69, 9.17) is 4.74 Å². The highest BCUT2D eigenvalue weighted by atomic mass is 16.5. The van der Waals surface area contributed by atoms with Gasteiger partial charge in [-0.25, -0.2) is 0 Å². The summed E-state index contributed by atoms with van der Waals surface area (Å²) in [6, 6.07) is 0. The van der Waals surface area contributed by atoms with E-state index in [0.29, 0.717) is 5.92 Å². The lowest BCUT2D eigenvalue weighted by Gasteiger charge is -2.34. The van der Waals surface area contributed by atoms with Crippen molar-refractivity contribution in [3.8, 4) is 0 Å². The van der Waals surface area contributed by atoms with Gasteiger partial charge in [0.1, 0.15) is 0 Å². The highest BCUT2D eigenvalue weighted by Crippen LogP contribution is 2.57. The zero-order chi connectivity index (χ0) is 10.5. The third kappa shape index (κ3) is 1.19. The zero-order valence-corrected chi connectivity index (χ0v) is 8.69. The lowest BCUT2D eigenvalue weighted by molar-refractivity contribution is -0.147. The highest BCUT2D eigenvalue weighted by molar-refractivity contribution is 5.73. The van der Waals surface area contributed by atoms with Gasteiger partial charge < -0.3 is 9.84 Å². The van der Waals surface area contributed by atoms with Crippen molar-refractivity contribution in [2.24, 2.45) is 17.3 Å². The predicted octanol–water partition coefficient (Wildman–Crippen LogP) is 1.83. The Morgan fingerprint density at radius 1 is 1.53 bits per heavy atom. The van der Waals surface area contributed by atoms with Crippen LogP contribution in [0.1, 0.15) is 25.7 Å². The summed E-state index contributed by atoms with van der Waals surface area (Å²) < 4.78 is 5.72. The molecule has 4 unspecified atom stereocenters. The molecule has 1 heterocycles. The van der Waals surface area contributed by atoms with Crippen LogP contribution in [0.2, 0.25) is 0 Å². The molecular formula is C12H16O3. The van der Waals surface area contributed by atoms with Crippen molar-refractivity contribution in [3.05, 3.63) is 12.2 Å². The minimum absolute atomic E-state index is 0.155. The van der Waals surface area contributed by atoms with E-state index < -0.39 is 5.97 Å². The second kappa shape index (κ2) is 3.08. The molecule has 2 fully saturated rings. The second-order valence-corrected chi connectivity index (χ2v) is 5.06. The van der Waals surface area contributed by atoms with Crippen LogP contribution >= 0.6 is 0 Å². The molecule has 3 nitrogen and oxygen atoms in total. The Morgan fingerprint density at radius 2 is 2.40 bits per heavy atom. The van der Waals surface area contributed by atoms with E-state index in [-0.39, 0.29) is 17.4 Å². The lowest BCUT2D eigenvalue weighted by Crippen LogP contribution is -2.39. The molecule has 0 aromatic heterocycles. The summed E-state index contributed by atoms with van der Waals surface area (Å²) in [4.78, 5) is 11.3. The summed E-state index contributed by atoms with van der Waals surface area (Å²) in [5, 5.41) is 9.27. The van der Waals surface area contributed by atoms with Gasteiger partial charge in [0.2, 0.25) is 0 Å². The summed E-state index contributed by atoms with van der Waals surface area (Å²) in [6.45, 7) is 0.803. The molecule has 0 aromatic rings. The number of rotatable bonds is 2. The fourth-order valence-electron chi connectivity index (χ4n) is 3.64. The Kier molecular flexibility index (Phi) is 1.93. The van der Waals surface area contributed by atoms with Crippen LogP contribution in [-0.4, -0.2) is 23.8 Å². The average molecular weight is 208 g/mol. The fraction of sp³-hybridized carbons (Fsp3) is 0.750. The molecule has 3 rings (SSSR count). The van der Waals surface area contributed by atoms with Crippen LogP contribution in [0.3, 0.4) is 0 Å². The fourth-order valence-corrected chi connectivity index (χ4v) is 3.64. The maximum absolute atomic E-state index is 11.3. The summed E-state index contributed by atoms with van der Waals surface area (Å²) in [7, 11) is 0. The Bertz CT molecular complexity index is 317. The number of carbonyl (C=O) groups is 1. The molecular weight excluding hydrogens is 192 g/mol. The number of hydrogen-bond donors (Lipinski definition) is 1. The van der Waals surface area contributed by atoms with Crippen LogP contribution in [0.25, 0.3) is 0 Å². The highest BCUT2D eigenvalue weighted by Gasteiger charge is 2.57. The molecule has 0 radical (unpaired) electrons. The topological polar surface area (TPSA) is 46.5 Å². The largest absolute Gasteiger partial charge is 0.481 e. The molecule has 0 aromatic carbocycles. The number of carboxylic acid groups (broad SMARTS) is 1. The van der Waals surface area contributed by atoms with Crippen molar-refractivity contribution in [2.75, 3.05) is 6.61 Å². The Labute approximate surface area is 89.1 Å². The Morgan fingerprint density at radius 3 is 3.00 bits per heavy atom. The van der Waals surface area contributed by atoms with Gasteiger partial charge in [-0.05, 0) is 31.6 Å². The molecule has 1 aliphatic heterocycles. The first kappa shape index (κ1) is 9.40. The van der Waals surface area contributed by atoms with Gasteiger partial charge in [0.25, 0.3) is 0 Å². The predicted molar refractivity (Wildman–Crippen MR) is 54.4 cm³/mol.